The summed E-state index contributed by atoms with van der Waals surface area (Å²) in [6.07, 6.45) is 0. The molecule has 0 atom stereocenters. The van der Waals surface area contributed by atoms with Gasteiger partial charge in [-0.15, -0.1) is 0 Å². The Hall–Kier alpha value is -2.32. The summed E-state index contributed by atoms with van der Waals surface area (Å²) in [6, 6.07) is 22.2. The molecule has 0 aliphatic heterocycles. The van der Waals surface area contributed by atoms with Gasteiger partial charge in [0.05, 0.1) is 9.79 Å². The second-order valence-corrected chi connectivity index (χ2v) is 11.1. The van der Waals surface area contributed by atoms with E-state index in [9.17, 15) is 16.8 Å². The molecule has 0 aromatic heterocycles. The van der Waals surface area contributed by atoms with Gasteiger partial charge in [-0.2, -0.15) is 0 Å². The fraction of sp³-hybridized carbons (Fsp3) is 0. The van der Waals surface area contributed by atoms with Crippen molar-refractivity contribution in [3.05, 3.63) is 78.9 Å². The van der Waals surface area contributed by atoms with E-state index in [4.69, 9.17) is 27.1 Å². The van der Waals surface area contributed by atoms with E-state index in [2.05, 4.69) is 0 Å². The maximum atomic E-state index is 11.3. The molecular weight excluding hydrogens is 453 g/mol. The van der Waals surface area contributed by atoms with E-state index in [-0.39, 0.29) is 9.79 Å². The molecule has 0 spiro atoms. The highest BCUT2D eigenvalue weighted by molar-refractivity contribution is 8.14. The predicted octanol–water partition coefficient (Wildman–Crippen LogP) is 5.12. The van der Waals surface area contributed by atoms with Crippen LogP contribution in [0.2, 0.25) is 0 Å². The Bertz CT molecular complexity index is 1410. The standard InChI is InChI=1S/C10H8ClNO2S.C10H7ClO2S/c11-15(13,14)10-6-5-9(12)7-3-1-2-4-8(7)10;11-14(12,13)10-7-3-5-8-4-1-2-6-9(8)10/h1-6H,12H2;1-7H. The molecule has 0 aliphatic carbocycles. The van der Waals surface area contributed by atoms with Gasteiger partial charge in [0.2, 0.25) is 0 Å². The number of rotatable bonds is 2. The Morgan fingerprint density at radius 2 is 1.03 bits per heavy atom. The Labute approximate surface area is 177 Å². The van der Waals surface area contributed by atoms with Gasteiger partial charge in [0.15, 0.2) is 0 Å². The molecule has 0 saturated carbocycles. The van der Waals surface area contributed by atoms with Crippen molar-refractivity contribution in [2.45, 2.75) is 9.79 Å². The highest BCUT2D eigenvalue weighted by Gasteiger charge is 2.14. The van der Waals surface area contributed by atoms with Crippen molar-refractivity contribution in [3.8, 4) is 0 Å². The molecule has 9 heteroatoms. The number of halogens is 2. The van der Waals surface area contributed by atoms with Crippen LogP contribution < -0.4 is 5.73 Å². The first-order valence-corrected chi connectivity index (χ1v) is 12.9. The van der Waals surface area contributed by atoms with Crippen LogP contribution in [0.3, 0.4) is 0 Å². The molecule has 0 aliphatic rings. The quantitative estimate of drug-likeness (QED) is 0.326. The second kappa shape index (κ2) is 8.20. The third kappa shape index (κ3) is 4.82. The molecule has 0 fully saturated rings. The lowest BCUT2D eigenvalue weighted by molar-refractivity contribution is 0.608. The van der Waals surface area contributed by atoms with E-state index in [0.717, 1.165) is 5.39 Å². The van der Waals surface area contributed by atoms with E-state index in [1.807, 2.05) is 18.2 Å². The lowest BCUT2D eigenvalue weighted by atomic mass is 10.1. The number of nitrogens with two attached hydrogens (primary N) is 1. The van der Waals surface area contributed by atoms with Crippen LogP contribution in [0.1, 0.15) is 0 Å². The van der Waals surface area contributed by atoms with Crippen LogP contribution in [0.5, 0.6) is 0 Å². The molecule has 0 saturated heterocycles. The van der Waals surface area contributed by atoms with Crippen molar-refractivity contribution in [1.29, 1.82) is 0 Å². The summed E-state index contributed by atoms with van der Waals surface area (Å²) in [4.78, 5) is 0.256. The Kier molecular flexibility index (Phi) is 6.05. The van der Waals surface area contributed by atoms with Crippen LogP contribution in [0.4, 0.5) is 5.69 Å². The molecule has 0 bridgehead atoms. The van der Waals surface area contributed by atoms with Crippen LogP contribution in [0.15, 0.2) is 88.7 Å². The highest BCUT2D eigenvalue weighted by atomic mass is 35.7. The summed E-state index contributed by atoms with van der Waals surface area (Å²) in [6.45, 7) is 0. The molecule has 0 unspecified atom stereocenters. The van der Waals surface area contributed by atoms with Gasteiger partial charge in [-0.1, -0.05) is 60.7 Å². The number of anilines is 1. The minimum atomic E-state index is -3.73. The Balaban J connectivity index is 0.000000166. The zero-order valence-electron chi connectivity index (χ0n) is 14.8. The van der Waals surface area contributed by atoms with Gasteiger partial charge < -0.3 is 5.73 Å². The molecule has 2 N–H and O–H groups in total. The van der Waals surface area contributed by atoms with Crippen molar-refractivity contribution in [2.24, 2.45) is 0 Å². The number of hydrogen-bond donors (Lipinski definition) is 1. The van der Waals surface area contributed by atoms with E-state index in [1.165, 1.54) is 18.2 Å². The topological polar surface area (TPSA) is 94.3 Å². The number of fused-ring (bicyclic) bond motifs is 2. The summed E-state index contributed by atoms with van der Waals surface area (Å²) in [7, 11) is 3.24. The minimum Gasteiger partial charge on any atom is -0.398 e. The third-order valence-electron chi connectivity index (χ3n) is 4.19. The predicted molar refractivity (Wildman–Crippen MR) is 118 cm³/mol. The van der Waals surface area contributed by atoms with Crippen LogP contribution in [-0.2, 0) is 18.1 Å². The molecule has 4 aromatic carbocycles. The smallest absolute Gasteiger partial charge is 0.261 e. The van der Waals surface area contributed by atoms with Crippen molar-refractivity contribution in [1.82, 2.24) is 0 Å². The van der Waals surface area contributed by atoms with Crippen LogP contribution >= 0.6 is 21.4 Å². The van der Waals surface area contributed by atoms with Gasteiger partial charge in [0, 0.05) is 43.2 Å². The monoisotopic (exact) mass is 467 g/mol. The lowest BCUT2D eigenvalue weighted by Gasteiger charge is -2.05. The number of benzene rings is 4. The molecule has 4 aromatic rings. The molecular formula is C20H15Cl2NO4S2. The summed E-state index contributed by atoms with van der Waals surface area (Å²) in [5.74, 6) is 0. The van der Waals surface area contributed by atoms with Crippen molar-refractivity contribution < 1.29 is 16.8 Å². The van der Waals surface area contributed by atoms with Crippen molar-refractivity contribution in [3.63, 3.8) is 0 Å². The largest absolute Gasteiger partial charge is 0.398 e. The summed E-state index contributed by atoms with van der Waals surface area (Å²) < 4.78 is 45.0. The maximum Gasteiger partial charge on any atom is 0.261 e. The zero-order valence-corrected chi connectivity index (χ0v) is 17.9. The summed E-state index contributed by atoms with van der Waals surface area (Å²) >= 11 is 0. The van der Waals surface area contributed by atoms with Gasteiger partial charge in [0.1, 0.15) is 0 Å². The van der Waals surface area contributed by atoms with Crippen molar-refractivity contribution in [2.75, 3.05) is 5.73 Å². The van der Waals surface area contributed by atoms with Crippen LogP contribution in [-0.4, -0.2) is 16.8 Å². The fourth-order valence-corrected chi connectivity index (χ4v) is 5.08. The lowest BCUT2D eigenvalue weighted by Crippen LogP contribution is -1.95. The molecule has 150 valence electrons. The van der Waals surface area contributed by atoms with E-state index in [1.54, 1.807) is 42.5 Å². The molecule has 0 heterocycles. The van der Waals surface area contributed by atoms with E-state index < -0.39 is 18.1 Å². The third-order valence-corrected chi connectivity index (χ3v) is 6.95. The van der Waals surface area contributed by atoms with Crippen LogP contribution in [0.25, 0.3) is 21.5 Å². The first kappa shape index (κ1) is 21.4. The van der Waals surface area contributed by atoms with Crippen LogP contribution in [0, 0.1) is 0 Å². The molecule has 5 nitrogen and oxygen atoms in total. The van der Waals surface area contributed by atoms with Gasteiger partial charge in [0.25, 0.3) is 18.1 Å². The van der Waals surface area contributed by atoms with Gasteiger partial charge >= 0.3 is 0 Å². The molecule has 4 rings (SSSR count). The van der Waals surface area contributed by atoms with Gasteiger partial charge in [-0.25, -0.2) is 16.8 Å². The van der Waals surface area contributed by atoms with E-state index in [0.29, 0.717) is 21.8 Å². The highest BCUT2D eigenvalue weighted by Crippen LogP contribution is 2.29. The van der Waals surface area contributed by atoms with Gasteiger partial charge in [-0.3, -0.25) is 0 Å². The Morgan fingerprint density at radius 1 is 0.552 bits per heavy atom. The molecule has 29 heavy (non-hydrogen) atoms. The minimum absolute atomic E-state index is 0.0916. The molecule has 0 amide bonds. The average Bonchev–Trinajstić information content (AvgIpc) is 2.67. The van der Waals surface area contributed by atoms with Crippen molar-refractivity contribution >= 4 is 66.7 Å². The summed E-state index contributed by atoms with van der Waals surface area (Å²) in [5, 5.41) is 2.77. The number of hydrogen-bond acceptors (Lipinski definition) is 5. The fourth-order valence-electron chi connectivity index (χ4n) is 2.92. The first-order valence-electron chi connectivity index (χ1n) is 8.23. The maximum absolute atomic E-state index is 11.3. The SMILES string of the molecule is Nc1ccc(S(=O)(=O)Cl)c2ccccc12.O=S(=O)(Cl)c1cccc2ccccc12. The normalized spacial score (nSPS) is 11.8. The summed E-state index contributed by atoms with van der Waals surface area (Å²) in [5.41, 5.74) is 6.27. The van der Waals surface area contributed by atoms with Gasteiger partial charge in [-0.05, 0) is 23.6 Å². The first-order chi connectivity index (χ1) is 13.6. The molecule has 0 radical (unpaired) electrons. The Morgan fingerprint density at radius 3 is 1.66 bits per heavy atom. The zero-order chi connectivity index (χ0) is 21.2. The van der Waals surface area contributed by atoms with E-state index >= 15 is 0 Å². The second-order valence-electron chi connectivity index (χ2n) is 6.05. The average molecular weight is 468 g/mol. The number of nitrogen functional groups attached to an aromatic ring is 1.